The normalized spacial score (nSPS) is 9.33. The molecule has 0 aliphatic heterocycles. The average Bonchev–Trinajstić information content (AvgIpc) is 2.06. The van der Waals surface area contributed by atoms with Gasteiger partial charge in [-0.3, -0.25) is 10.1 Å². The number of hydrogen-bond donors (Lipinski definition) is 1. The van der Waals surface area contributed by atoms with E-state index in [1.165, 1.54) is 0 Å². The van der Waals surface area contributed by atoms with Crippen molar-refractivity contribution in [1.82, 2.24) is 5.32 Å². The van der Waals surface area contributed by atoms with E-state index in [1.807, 2.05) is 6.92 Å². The molecule has 0 fully saturated rings. The van der Waals surface area contributed by atoms with Crippen LogP contribution in [0.25, 0.3) is 0 Å². The van der Waals surface area contributed by atoms with Gasteiger partial charge in [-0.05, 0) is 6.42 Å². The van der Waals surface area contributed by atoms with Crippen molar-refractivity contribution in [2.75, 3.05) is 26.3 Å². The maximum atomic E-state index is 10.9. The van der Waals surface area contributed by atoms with Gasteiger partial charge in [0.2, 0.25) is 0 Å². The molecule has 0 aromatic rings. The van der Waals surface area contributed by atoms with E-state index in [-0.39, 0.29) is 12.4 Å². The summed E-state index contributed by atoms with van der Waals surface area (Å²) in [5, 5.41) is 2.80. The van der Waals surface area contributed by atoms with E-state index in [2.05, 4.69) is 11.2 Å². The molecule has 0 aromatic carbocycles. The molecule has 1 N–H and O–H groups in total. The Hall–Kier alpha value is -0.850. The Labute approximate surface area is 73.5 Å². The fraction of sp³-hybridized carbons (Fsp3) is 0.667. The van der Waals surface area contributed by atoms with Crippen LogP contribution in [0.15, 0.2) is 0 Å². The van der Waals surface area contributed by atoms with Crippen LogP contribution in [0.4, 0.5) is 0 Å². The van der Waals surface area contributed by atoms with E-state index in [9.17, 15) is 4.79 Å². The van der Waals surface area contributed by atoms with E-state index in [4.69, 9.17) is 11.2 Å². The number of carbonyl (C=O) groups excluding carboxylic acids is 1. The van der Waals surface area contributed by atoms with Crippen molar-refractivity contribution in [2.24, 2.45) is 0 Å². The number of terminal acetylenes is 1. The van der Waals surface area contributed by atoms with Crippen molar-refractivity contribution < 1.29 is 9.53 Å². The first-order chi connectivity index (χ1) is 5.81. The van der Waals surface area contributed by atoms with Gasteiger partial charge in [-0.25, -0.2) is 0 Å². The minimum absolute atomic E-state index is 0.0405. The molecular weight excluding hydrogens is 154 g/mol. The van der Waals surface area contributed by atoms with Crippen LogP contribution >= 0.6 is 0 Å². The molecule has 0 rings (SSSR count). The smallest absolute Gasteiger partial charge is 0.172 e. The highest BCUT2D eigenvalue weighted by Crippen LogP contribution is 1.80. The summed E-state index contributed by atoms with van der Waals surface area (Å²) in [7, 11) is 0. The Kier molecular flexibility index (Phi) is 7.66. The zero-order chi connectivity index (χ0) is 9.23. The molecule has 0 bridgehead atoms. The Morgan fingerprint density at radius 1 is 1.67 bits per heavy atom. The van der Waals surface area contributed by atoms with Crippen LogP contribution in [0.2, 0.25) is 0 Å². The minimum atomic E-state index is 0.0405. The van der Waals surface area contributed by atoms with Crippen molar-refractivity contribution in [2.45, 2.75) is 13.3 Å². The minimum Gasteiger partial charge on any atom is -0.374 e. The van der Waals surface area contributed by atoms with E-state index in [1.54, 1.807) is 0 Å². The molecule has 0 aromatic heterocycles. The van der Waals surface area contributed by atoms with Crippen LogP contribution in [0.5, 0.6) is 0 Å². The summed E-state index contributed by atoms with van der Waals surface area (Å²) in [6, 6.07) is 0. The summed E-state index contributed by atoms with van der Waals surface area (Å²) in [4.78, 5) is 10.9. The van der Waals surface area contributed by atoms with Crippen molar-refractivity contribution in [3.05, 3.63) is 0 Å². The number of rotatable bonds is 7. The lowest BCUT2D eigenvalue weighted by Crippen LogP contribution is -2.26. The van der Waals surface area contributed by atoms with Gasteiger partial charge in [0.05, 0.1) is 13.1 Å². The summed E-state index contributed by atoms with van der Waals surface area (Å²) in [6.07, 6.45) is 5.92. The predicted octanol–water partition coefficient (Wildman–Crippen LogP) is 0.205. The quantitative estimate of drug-likeness (QED) is 0.437. The van der Waals surface area contributed by atoms with E-state index in [0.717, 1.165) is 6.42 Å². The fourth-order valence-electron chi connectivity index (χ4n) is 0.655. The number of carbonyl (C=O) groups is 1. The van der Waals surface area contributed by atoms with Gasteiger partial charge >= 0.3 is 0 Å². The highest BCUT2D eigenvalue weighted by atomic mass is 16.5. The molecule has 0 saturated carbocycles. The highest BCUT2D eigenvalue weighted by molar-refractivity contribution is 5.81. The largest absolute Gasteiger partial charge is 0.374 e. The van der Waals surface area contributed by atoms with Gasteiger partial charge in [0.25, 0.3) is 0 Å². The van der Waals surface area contributed by atoms with E-state index in [0.29, 0.717) is 19.7 Å². The molecule has 0 unspecified atom stereocenters. The van der Waals surface area contributed by atoms with Gasteiger partial charge in [0, 0.05) is 6.61 Å². The van der Waals surface area contributed by atoms with Crippen molar-refractivity contribution >= 4 is 5.78 Å². The second-order valence-electron chi connectivity index (χ2n) is 2.40. The molecule has 0 amide bonds. The first-order valence-electron chi connectivity index (χ1n) is 4.05. The molecule has 0 radical (unpaired) electrons. The van der Waals surface area contributed by atoms with Crippen LogP contribution in [0, 0.1) is 12.3 Å². The first kappa shape index (κ1) is 11.2. The second-order valence-corrected chi connectivity index (χ2v) is 2.40. The van der Waals surface area contributed by atoms with Gasteiger partial charge in [-0.15, -0.1) is 6.42 Å². The predicted molar refractivity (Wildman–Crippen MR) is 47.8 cm³/mol. The summed E-state index contributed by atoms with van der Waals surface area (Å²) in [6.45, 7) is 3.56. The maximum Gasteiger partial charge on any atom is 0.172 e. The molecule has 0 aliphatic rings. The van der Waals surface area contributed by atoms with E-state index < -0.39 is 0 Å². The van der Waals surface area contributed by atoms with E-state index >= 15 is 0 Å². The van der Waals surface area contributed by atoms with Gasteiger partial charge in [-0.1, -0.05) is 12.8 Å². The van der Waals surface area contributed by atoms with Gasteiger partial charge in [0.15, 0.2) is 5.78 Å². The maximum absolute atomic E-state index is 10.9. The first-order valence-corrected chi connectivity index (χ1v) is 4.05. The van der Waals surface area contributed by atoms with Gasteiger partial charge in [-0.2, -0.15) is 0 Å². The Morgan fingerprint density at radius 3 is 3.00 bits per heavy atom. The van der Waals surface area contributed by atoms with Crippen LogP contribution in [-0.4, -0.2) is 32.1 Å². The average molecular weight is 169 g/mol. The second kappa shape index (κ2) is 8.25. The molecule has 68 valence electrons. The molecule has 0 atom stereocenters. The van der Waals surface area contributed by atoms with Crippen LogP contribution in [0.1, 0.15) is 13.3 Å². The molecule has 3 nitrogen and oxygen atoms in total. The number of ketones is 1. The molecule has 12 heavy (non-hydrogen) atoms. The molecule has 3 heteroatoms. The highest BCUT2D eigenvalue weighted by Gasteiger charge is 1.99. The van der Waals surface area contributed by atoms with Gasteiger partial charge in [0.1, 0.15) is 6.61 Å². The Bertz CT molecular complexity index is 160. The third-order valence-corrected chi connectivity index (χ3v) is 1.16. The fourth-order valence-corrected chi connectivity index (χ4v) is 0.655. The number of Topliss-reactive ketones (excluding diaryl/α,β-unsaturated/α-hetero) is 1. The lowest BCUT2D eigenvalue weighted by atomic mass is 10.4. The molecule has 0 heterocycles. The standard InChI is InChI=1S/C9H15NO2/c1-3-5-10-7-9(11)8-12-6-4-2/h1,10H,4-8H2,2H3. The lowest BCUT2D eigenvalue weighted by Gasteiger charge is -2.01. The molecular formula is C9H15NO2. The topological polar surface area (TPSA) is 38.3 Å². The van der Waals surface area contributed by atoms with Crippen molar-refractivity contribution in [1.29, 1.82) is 0 Å². The molecule has 0 saturated heterocycles. The number of nitrogens with one attached hydrogen (secondary N) is 1. The SMILES string of the molecule is C#CCNCC(=O)COCCC. The molecule has 0 aliphatic carbocycles. The van der Waals surface area contributed by atoms with Crippen LogP contribution in [-0.2, 0) is 9.53 Å². The zero-order valence-electron chi connectivity index (χ0n) is 7.43. The number of ether oxygens (including phenoxy) is 1. The van der Waals surface area contributed by atoms with Crippen LogP contribution < -0.4 is 5.32 Å². The Balaban J connectivity index is 3.17. The van der Waals surface area contributed by atoms with Crippen molar-refractivity contribution in [3.63, 3.8) is 0 Å². The summed E-state index contributed by atoms with van der Waals surface area (Å²) >= 11 is 0. The van der Waals surface area contributed by atoms with Crippen LogP contribution in [0.3, 0.4) is 0 Å². The summed E-state index contributed by atoms with van der Waals surface area (Å²) < 4.78 is 5.03. The summed E-state index contributed by atoms with van der Waals surface area (Å²) in [5.41, 5.74) is 0. The third-order valence-electron chi connectivity index (χ3n) is 1.16. The zero-order valence-corrected chi connectivity index (χ0v) is 7.43. The summed E-state index contributed by atoms with van der Waals surface area (Å²) in [5.74, 6) is 2.43. The third kappa shape index (κ3) is 7.26. The Morgan fingerprint density at radius 2 is 2.42 bits per heavy atom. The molecule has 0 spiro atoms. The van der Waals surface area contributed by atoms with Crippen molar-refractivity contribution in [3.8, 4) is 12.3 Å². The lowest BCUT2D eigenvalue weighted by molar-refractivity contribution is -0.122. The number of hydrogen-bond acceptors (Lipinski definition) is 3. The monoisotopic (exact) mass is 169 g/mol. The van der Waals surface area contributed by atoms with Gasteiger partial charge < -0.3 is 4.74 Å².